The van der Waals surface area contributed by atoms with Crippen molar-refractivity contribution in [1.82, 2.24) is 5.32 Å². The van der Waals surface area contributed by atoms with E-state index in [9.17, 15) is 0 Å². The summed E-state index contributed by atoms with van der Waals surface area (Å²) in [5, 5.41) is 28.9. The highest BCUT2D eigenvalue weighted by Crippen LogP contribution is 2.00. The third-order valence-electron chi connectivity index (χ3n) is 1.72. The zero-order valence-electron chi connectivity index (χ0n) is 7.38. The Morgan fingerprint density at radius 3 is 2.42 bits per heavy atom. The molecule has 0 fully saturated rings. The first kappa shape index (κ1) is 11.4. The molecule has 0 aromatic rings. The van der Waals surface area contributed by atoms with Gasteiger partial charge in [-0.2, -0.15) is 5.26 Å². The van der Waals surface area contributed by atoms with E-state index in [-0.39, 0.29) is 13.2 Å². The number of aliphatic hydroxyl groups is 2. The van der Waals surface area contributed by atoms with E-state index in [2.05, 4.69) is 5.32 Å². The molecule has 0 heterocycles. The largest absolute Gasteiger partial charge is 0.394 e. The summed E-state index contributed by atoms with van der Waals surface area (Å²) in [7, 11) is 0. The van der Waals surface area contributed by atoms with Gasteiger partial charge in [-0.25, -0.2) is 0 Å². The van der Waals surface area contributed by atoms with Crippen LogP contribution in [-0.4, -0.2) is 35.5 Å². The molecule has 0 aromatic carbocycles. The lowest BCUT2D eigenvalue weighted by Gasteiger charge is -2.25. The van der Waals surface area contributed by atoms with Crippen LogP contribution in [0.1, 0.15) is 19.8 Å². The molecular formula is C8H16N2O2. The molecule has 3 N–H and O–H groups in total. The van der Waals surface area contributed by atoms with E-state index < -0.39 is 5.54 Å². The predicted octanol–water partition coefficient (Wildman–Crippen LogP) is -0.377. The molecule has 0 atom stereocenters. The first-order valence-corrected chi connectivity index (χ1v) is 4.02. The van der Waals surface area contributed by atoms with Gasteiger partial charge in [-0.05, 0) is 19.9 Å². The van der Waals surface area contributed by atoms with Gasteiger partial charge in [0.2, 0.25) is 0 Å². The number of nitrogens with one attached hydrogen (secondary N) is 1. The Bertz CT molecular complexity index is 150. The molecule has 0 amide bonds. The summed E-state index contributed by atoms with van der Waals surface area (Å²) in [5.41, 5.74) is -0.616. The predicted molar refractivity (Wildman–Crippen MR) is 45.4 cm³/mol. The summed E-state index contributed by atoms with van der Waals surface area (Å²) in [6, 6.07) is 2.02. The molecule has 70 valence electrons. The van der Waals surface area contributed by atoms with E-state index in [0.717, 1.165) is 6.42 Å². The molecule has 4 heteroatoms. The van der Waals surface area contributed by atoms with Crippen molar-refractivity contribution in [3.05, 3.63) is 0 Å². The number of hydrogen-bond acceptors (Lipinski definition) is 4. The minimum atomic E-state index is -0.616. The maximum atomic E-state index is 8.85. The van der Waals surface area contributed by atoms with Gasteiger partial charge >= 0.3 is 0 Å². The van der Waals surface area contributed by atoms with Crippen LogP contribution in [0, 0.1) is 11.3 Å². The van der Waals surface area contributed by atoms with E-state index in [0.29, 0.717) is 13.0 Å². The molecule has 0 aliphatic carbocycles. The molecule has 0 aromatic heterocycles. The summed E-state index contributed by atoms with van der Waals surface area (Å²) < 4.78 is 0. The Hall–Kier alpha value is -0.630. The van der Waals surface area contributed by atoms with Crippen LogP contribution in [-0.2, 0) is 0 Å². The van der Waals surface area contributed by atoms with Crippen LogP contribution in [0.3, 0.4) is 0 Å². The molecule has 0 spiro atoms. The lowest BCUT2D eigenvalue weighted by atomic mass is 10.1. The van der Waals surface area contributed by atoms with Crippen molar-refractivity contribution >= 4 is 0 Å². The van der Waals surface area contributed by atoms with Crippen LogP contribution in [0.25, 0.3) is 0 Å². The molecule has 4 nitrogen and oxygen atoms in total. The lowest BCUT2D eigenvalue weighted by molar-refractivity contribution is 0.104. The fourth-order valence-corrected chi connectivity index (χ4v) is 0.719. The molecule has 0 saturated carbocycles. The Morgan fingerprint density at radius 1 is 1.42 bits per heavy atom. The number of rotatable bonds is 6. The third kappa shape index (κ3) is 4.29. The molecule has 12 heavy (non-hydrogen) atoms. The van der Waals surface area contributed by atoms with Gasteiger partial charge in [-0.3, -0.25) is 0 Å². The van der Waals surface area contributed by atoms with Crippen molar-refractivity contribution < 1.29 is 10.2 Å². The van der Waals surface area contributed by atoms with E-state index in [1.165, 1.54) is 0 Å². The van der Waals surface area contributed by atoms with Gasteiger partial charge in [0.15, 0.2) is 0 Å². The smallest absolute Gasteiger partial charge is 0.0633 e. The average Bonchev–Trinajstić information content (AvgIpc) is 2.12. The molecule has 0 saturated heterocycles. The Kier molecular flexibility index (Phi) is 5.64. The van der Waals surface area contributed by atoms with Crippen molar-refractivity contribution in [3.8, 4) is 6.07 Å². The molecule has 0 radical (unpaired) electrons. The fraction of sp³-hybridized carbons (Fsp3) is 0.875. The van der Waals surface area contributed by atoms with Crippen molar-refractivity contribution in [3.63, 3.8) is 0 Å². The summed E-state index contributed by atoms with van der Waals surface area (Å²) in [5.74, 6) is 0. The fourth-order valence-electron chi connectivity index (χ4n) is 0.719. The average molecular weight is 172 g/mol. The normalized spacial score (nSPS) is 11.2. The first-order valence-electron chi connectivity index (χ1n) is 4.02. The highest BCUT2D eigenvalue weighted by atomic mass is 16.3. The van der Waals surface area contributed by atoms with E-state index in [4.69, 9.17) is 15.5 Å². The zero-order valence-corrected chi connectivity index (χ0v) is 7.38. The van der Waals surface area contributed by atoms with Gasteiger partial charge in [0, 0.05) is 6.42 Å². The van der Waals surface area contributed by atoms with E-state index in [1.54, 1.807) is 6.92 Å². The van der Waals surface area contributed by atoms with Crippen molar-refractivity contribution in [2.75, 3.05) is 19.8 Å². The Morgan fingerprint density at radius 2 is 2.00 bits per heavy atom. The van der Waals surface area contributed by atoms with Crippen LogP contribution >= 0.6 is 0 Å². The molecule has 0 unspecified atom stereocenters. The van der Waals surface area contributed by atoms with Gasteiger partial charge in [-0.15, -0.1) is 0 Å². The van der Waals surface area contributed by atoms with Crippen LogP contribution in [0.15, 0.2) is 0 Å². The van der Waals surface area contributed by atoms with Gasteiger partial charge in [0.05, 0.1) is 24.8 Å². The highest BCUT2D eigenvalue weighted by molar-refractivity contribution is 4.81. The molecular weight excluding hydrogens is 156 g/mol. The lowest BCUT2D eigenvalue weighted by Crippen LogP contribution is -2.49. The number of aliphatic hydroxyl groups excluding tert-OH is 2. The number of nitrogens with zero attached hydrogens (tertiary/aromatic N) is 1. The molecule has 0 bridgehead atoms. The zero-order chi connectivity index (χ0) is 9.45. The molecule has 0 rings (SSSR count). The Balaban J connectivity index is 3.53. The highest BCUT2D eigenvalue weighted by Gasteiger charge is 2.20. The van der Waals surface area contributed by atoms with Crippen LogP contribution in [0.2, 0.25) is 0 Å². The second-order valence-corrected chi connectivity index (χ2v) is 3.07. The van der Waals surface area contributed by atoms with Crippen LogP contribution in [0.5, 0.6) is 0 Å². The van der Waals surface area contributed by atoms with Gasteiger partial charge in [-0.1, -0.05) is 0 Å². The van der Waals surface area contributed by atoms with Crippen molar-refractivity contribution in [1.29, 1.82) is 5.26 Å². The van der Waals surface area contributed by atoms with Crippen LogP contribution in [0.4, 0.5) is 0 Å². The van der Waals surface area contributed by atoms with E-state index >= 15 is 0 Å². The number of unbranched alkanes of at least 4 members (excludes halogenated alkanes) is 1. The van der Waals surface area contributed by atoms with Gasteiger partial charge < -0.3 is 15.5 Å². The SMILES string of the molecule is CC(CO)(CO)NCCCC#N. The van der Waals surface area contributed by atoms with Gasteiger partial charge in [0.1, 0.15) is 0 Å². The first-order chi connectivity index (χ1) is 5.68. The Labute approximate surface area is 72.8 Å². The second-order valence-electron chi connectivity index (χ2n) is 3.07. The number of nitriles is 1. The topological polar surface area (TPSA) is 76.3 Å². The maximum absolute atomic E-state index is 8.85. The minimum absolute atomic E-state index is 0.101. The second kappa shape index (κ2) is 5.95. The van der Waals surface area contributed by atoms with Crippen molar-refractivity contribution in [2.24, 2.45) is 0 Å². The third-order valence-corrected chi connectivity index (χ3v) is 1.72. The summed E-state index contributed by atoms with van der Waals surface area (Å²) in [6.45, 7) is 2.18. The summed E-state index contributed by atoms with van der Waals surface area (Å²) >= 11 is 0. The molecule has 0 aliphatic heterocycles. The molecule has 0 aliphatic rings. The van der Waals surface area contributed by atoms with Crippen LogP contribution < -0.4 is 5.32 Å². The summed E-state index contributed by atoms with van der Waals surface area (Å²) in [6.07, 6.45) is 1.24. The summed E-state index contributed by atoms with van der Waals surface area (Å²) in [4.78, 5) is 0. The van der Waals surface area contributed by atoms with E-state index in [1.807, 2.05) is 6.07 Å². The maximum Gasteiger partial charge on any atom is 0.0633 e. The number of hydrogen-bond donors (Lipinski definition) is 3. The van der Waals surface area contributed by atoms with Crippen molar-refractivity contribution in [2.45, 2.75) is 25.3 Å². The monoisotopic (exact) mass is 172 g/mol. The standard InChI is InChI=1S/C8H16N2O2/c1-8(6-11,7-12)10-5-3-2-4-9/h10-12H,2-3,5-7H2,1H3. The quantitative estimate of drug-likeness (QED) is 0.477. The van der Waals surface area contributed by atoms with Gasteiger partial charge in [0.25, 0.3) is 0 Å². The minimum Gasteiger partial charge on any atom is -0.394 e.